The maximum absolute atomic E-state index is 5.56. The lowest BCUT2D eigenvalue weighted by atomic mass is 10.1. The molecule has 126 valence electrons. The first-order valence-corrected chi connectivity index (χ1v) is 8.11. The van der Waals surface area contributed by atoms with Crippen molar-refractivity contribution in [2.24, 2.45) is 5.92 Å². The molecule has 6 heteroatoms. The lowest BCUT2D eigenvalue weighted by Gasteiger charge is -2.26. The summed E-state index contributed by atoms with van der Waals surface area (Å²) in [6.45, 7) is 8.06. The molecule has 0 saturated carbocycles. The van der Waals surface area contributed by atoms with Crippen LogP contribution >= 0.6 is 0 Å². The van der Waals surface area contributed by atoms with Gasteiger partial charge in [0.2, 0.25) is 0 Å². The van der Waals surface area contributed by atoms with E-state index in [0.717, 1.165) is 29.2 Å². The van der Waals surface area contributed by atoms with Crippen LogP contribution in [0.3, 0.4) is 0 Å². The molecule has 0 aliphatic carbocycles. The lowest BCUT2D eigenvalue weighted by Crippen LogP contribution is -2.28. The highest BCUT2D eigenvalue weighted by molar-refractivity contribution is 5.82. The third kappa shape index (κ3) is 3.32. The van der Waals surface area contributed by atoms with Crippen LogP contribution in [0.4, 0.5) is 5.82 Å². The van der Waals surface area contributed by atoms with Crippen LogP contribution in [0.5, 0.6) is 5.75 Å². The Hall–Kier alpha value is -2.63. The van der Waals surface area contributed by atoms with E-state index in [1.807, 2.05) is 0 Å². The van der Waals surface area contributed by atoms with Crippen LogP contribution in [0.15, 0.2) is 30.9 Å². The molecule has 0 atom stereocenters. The average Bonchev–Trinajstić information content (AvgIpc) is 3.03. The molecule has 0 bridgehead atoms. The normalized spacial score (nSPS) is 11.2. The van der Waals surface area contributed by atoms with Gasteiger partial charge >= 0.3 is 0 Å². The second-order valence-corrected chi connectivity index (χ2v) is 6.39. The number of hydrogen-bond donors (Lipinski definition) is 1. The largest absolute Gasteiger partial charge is 0.496 e. The number of nitrogens with zero attached hydrogens (tertiary/aromatic N) is 4. The maximum Gasteiger partial charge on any atom is 0.182 e. The SMILES string of the molecule is COc1cc(C)ccc1CN(CC(C)C)c1ncnc2nc[nH]c12. The van der Waals surface area contributed by atoms with Gasteiger partial charge < -0.3 is 14.6 Å². The van der Waals surface area contributed by atoms with Crippen molar-refractivity contribution >= 4 is 17.0 Å². The topological polar surface area (TPSA) is 66.9 Å². The highest BCUT2D eigenvalue weighted by Crippen LogP contribution is 2.27. The number of ether oxygens (including phenoxy) is 1. The quantitative estimate of drug-likeness (QED) is 0.753. The second-order valence-electron chi connectivity index (χ2n) is 6.39. The Bertz CT molecular complexity index is 827. The van der Waals surface area contributed by atoms with E-state index < -0.39 is 0 Å². The molecule has 6 nitrogen and oxygen atoms in total. The number of fused-ring (bicyclic) bond motifs is 1. The number of rotatable bonds is 6. The van der Waals surface area contributed by atoms with Crippen molar-refractivity contribution in [1.29, 1.82) is 0 Å². The average molecular weight is 325 g/mol. The summed E-state index contributed by atoms with van der Waals surface area (Å²) in [5, 5.41) is 0. The Labute approximate surface area is 141 Å². The van der Waals surface area contributed by atoms with E-state index in [2.05, 4.69) is 63.8 Å². The van der Waals surface area contributed by atoms with Crippen molar-refractivity contribution < 1.29 is 4.74 Å². The number of aryl methyl sites for hydroxylation is 1. The van der Waals surface area contributed by atoms with Crippen molar-refractivity contribution in [1.82, 2.24) is 19.9 Å². The van der Waals surface area contributed by atoms with E-state index >= 15 is 0 Å². The molecule has 3 aromatic rings. The Kier molecular flexibility index (Phi) is 4.64. The molecule has 0 fully saturated rings. The van der Waals surface area contributed by atoms with Crippen LogP contribution in [0, 0.1) is 12.8 Å². The number of imidazole rings is 1. The molecular formula is C18H23N5O. The predicted octanol–water partition coefficient (Wildman–Crippen LogP) is 3.33. The smallest absolute Gasteiger partial charge is 0.182 e. The van der Waals surface area contributed by atoms with Crippen molar-refractivity contribution in [3.63, 3.8) is 0 Å². The molecule has 0 unspecified atom stereocenters. The van der Waals surface area contributed by atoms with Crippen molar-refractivity contribution in [3.8, 4) is 5.75 Å². The van der Waals surface area contributed by atoms with E-state index in [-0.39, 0.29) is 0 Å². The van der Waals surface area contributed by atoms with E-state index in [0.29, 0.717) is 18.1 Å². The summed E-state index contributed by atoms with van der Waals surface area (Å²) >= 11 is 0. The Morgan fingerprint density at radius 1 is 1.21 bits per heavy atom. The van der Waals surface area contributed by atoms with Gasteiger partial charge in [-0.3, -0.25) is 0 Å². The first kappa shape index (κ1) is 16.2. The highest BCUT2D eigenvalue weighted by Gasteiger charge is 2.17. The zero-order valence-electron chi connectivity index (χ0n) is 14.6. The van der Waals surface area contributed by atoms with E-state index in [4.69, 9.17) is 4.74 Å². The fraction of sp³-hybridized carbons (Fsp3) is 0.389. The molecule has 3 rings (SSSR count). The number of hydrogen-bond acceptors (Lipinski definition) is 5. The molecule has 0 aliphatic heterocycles. The van der Waals surface area contributed by atoms with Crippen LogP contribution in [0.2, 0.25) is 0 Å². The van der Waals surface area contributed by atoms with Gasteiger partial charge in [0, 0.05) is 18.7 Å². The molecule has 24 heavy (non-hydrogen) atoms. The number of benzene rings is 1. The second kappa shape index (κ2) is 6.86. The number of aromatic nitrogens is 4. The molecule has 0 radical (unpaired) electrons. The highest BCUT2D eigenvalue weighted by atomic mass is 16.5. The van der Waals surface area contributed by atoms with Crippen LogP contribution in [0.1, 0.15) is 25.0 Å². The van der Waals surface area contributed by atoms with Crippen LogP contribution in [0.25, 0.3) is 11.2 Å². The van der Waals surface area contributed by atoms with Gasteiger partial charge in [-0.1, -0.05) is 26.0 Å². The molecule has 2 heterocycles. The van der Waals surface area contributed by atoms with Crippen molar-refractivity contribution in [2.45, 2.75) is 27.3 Å². The van der Waals surface area contributed by atoms with Crippen molar-refractivity contribution in [2.75, 3.05) is 18.6 Å². The van der Waals surface area contributed by atoms with Crippen LogP contribution in [-0.4, -0.2) is 33.6 Å². The standard InChI is InChI=1S/C18H23N5O/c1-12(2)8-23(9-14-6-5-13(3)7-15(14)24-4)18-16-17(20-10-19-16)21-11-22-18/h5-7,10-12H,8-9H2,1-4H3,(H,19,20,21,22). The summed E-state index contributed by atoms with van der Waals surface area (Å²) in [5.74, 6) is 2.27. The Morgan fingerprint density at radius 3 is 2.79 bits per heavy atom. The minimum atomic E-state index is 0.495. The number of aromatic amines is 1. The fourth-order valence-corrected chi connectivity index (χ4v) is 2.85. The molecule has 1 N–H and O–H groups in total. The molecule has 0 saturated heterocycles. The van der Waals surface area contributed by atoms with Gasteiger partial charge in [0.05, 0.1) is 13.4 Å². The fourth-order valence-electron chi connectivity index (χ4n) is 2.85. The van der Waals surface area contributed by atoms with Crippen LogP contribution in [-0.2, 0) is 6.54 Å². The van der Waals surface area contributed by atoms with Crippen molar-refractivity contribution in [3.05, 3.63) is 42.0 Å². The molecule has 0 aliphatic rings. The zero-order valence-corrected chi connectivity index (χ0v) is 14.6. The summed E-state index contributed by atoms with van der Waals surface area (Å²) in [4.78, 5) is 18.4. The molecule has 0 spiro atoms. The number of nitrogens with one attached hydrogen (secondary N) is 1. The minimum Gasteiger partial charge on any atom is -0.496 e. The summed E-state index contributed by atoms with van der Waals surface area (Å²) in [6, 6.07) is 6.29. The number of methoxy groups -OCH3 is 1. The number of H-pyrrole nitrogens is 1. The molecule has 2 aromatic heterocycles. The Balaban J connectivity index is 2.00. The molecular weight excluding hydrogens is 302 g/mol. The van der Waals surface area contributed by atoms with E-state index in [1.165, 1.54) is 5.56 Å². The molecule has 1 aromatic carbocycles. The van der Waals surface area contributed by atoms with Gasteiger partial charge in [0.1, 0.15) is 17.6 Å². The zero-order chi connectivity index (χ0) is 17.1. The third-order valence-corrected chi connectivity index (χ3v) is 3.89. The van der Waals surface area contributed by atoms with Gasteiger partial charge in [-0.05, 0) is 24.5 Å². The maximum atomic E-state index is 5.56. The van der Waals surface area contributed by atoms with E-state index in [9.17, 15) is 0 Å². The first-order valence-electron chi connectivity index (χ1n) is 8.11. The lowest BCUT2D eigenvalue weighted by molar-refractivity contribution is 0.408. The van der Waals surface area contributed by atoms with Gasteiger partial charge in [-0.2, -0.15) is 0 Å². The Morgan fingerprint density at radius 2 is 2.04 bits per heavy atom. The van der Waals surface area contributed by atoms with Gasteiger partial charge in [-0.25, -0.2) is 15.0 Å². The van der Waals surface area contributed by atoms with E-state index in [1.54, 1.807) is 19.8 Å². The van der Waals surface area contributed by atoms with Crippen LogP contribution < -0.4 is 9.64 Å². The summed E-state index contributed by atoms with van der Waals surface area (Å²) in [6.07, 6.45) is 3.22. The minimum absolute atomic E-state index is 0.495. The first-order chi connectivity index (χ1) is 11.6. The summed E-state index contributed by atoms with van der Waals surface area (Å²) < 4.78 is 5.56. The summed E-state index contributed by atoms with van der Waals surface area (Å²) in [7, 11) is 1.71. The molecule has 0 amide bonds. The third-order valence-electron chi connectivity index (χ3n) is 3.89. The van der Waals surface area contributed by atoms with Gasteiger partial charge in [0.15, 0.2) is 11.5 Å². The summed E-state index contributed by atoms with van der Waals surface area (Å²) in [5.41, 5.74) is 3.87. The predicted molar refractivity (Wildman–Crippen MR) is 95.3 cm³/mol. The number of anilines is 1. The van der Waals surface area contributed by atoms with Gasteiger partial charge in [-0.15, -0.1) is 0 Å². The van der Waals surface area contributed by atoms with Gasteiger partial charge in [0.25, 0.3) is 0 Å². The monoisotopic (exact) mass is 325 g/mol.